The normalized spacial score (nSPS) is 9.62. The van der Waals surface area contributed by atoms with Crippen LogP contribution < -0.4 is 0 Å². The summed E-state index contributed by atoms with van der Waals surface area (Å²) in [5.41, 5.74) is 0.655. The van der Waals surface area contributed by atoms with Crippen molar-refractivity contribution in [1.82, 2.24) is 0 Å². The SMILES string of the molecule is N#Cc1cc2cc(C(=O)O)oc2cc1C#N. The number of carboxylic acid groups (broad SMARTS) is 1. The van der Waals surface area contributed by atoms with Gasteiger partial charge >= 0.3 is 5.97 Å². The van der Waals surface area contributed by atoms with Gasteiger partial charge < -0.3 is 9.52 Å². The number of carboxylic acids is 1. The molecule has 1 heterocycles. The van der Waals surface area contributed by atoms with Crippen molar-refractivity contribution in [3.8, 4) is 12.1 Å². The maximum Gasteiger partial charge on any atom is 0.371 e. The average molecular weight is 212 g/mol. The minimum Gasteiger partial charge on any atom is -0.475 e. The number of benzene rings is 1. The van der Waals surface area contributed by atoms with Gasteiger partial charge in [0.05, 0.1) is 11.1 Å². The van der Waals surface area contributed by atoms with Crippen LogP contribution in [0.1, 0.15) is 21.7 Å². The Balaban J connectivity index is 2.76. The van der Waals surface area contributed by atoms with Gasteiger partial charge in [0.25, 0.3) is 0 Å². The Kier molecular flexibility index (Phi) is 2.08. The smallest absolute Gasteiger partial charge is 0.371 e. The molecule has 0 radical (unpaired) electrons. The molecule has 0 fully saturated rings. The number of nitriles is 2. The molecule has 0 amide bonds. The van der Waals surface area contributed by atoms with Gasteiger partial charge in [0.2, 0.25) is 5.76 Å². The number of hydrogen-bond acceptors (Lipinski definition) is 4. The Morgan fingerprint density at radius 3 is 2.38 bits per heavy atom. The second kappa shape index (κ2) is 3.41. The Labute approximate surface area is 89.7 Å². The molecule has 2 aromatic rings. The molecule has 0 atom stereocenters. The average Bonchev–Trinajstić information content (AvgIpc) is 2.69. The number of nitrogens with zero attached hydrogens (tertiary/aromatic N) is 2. The number of rotatable bonds is 1. The van der Waals surface area contributed by atoms with E-state index < -0.39 is 5.97 Å². The molecule has 0 saturated carbocycles. The standard InChI is InChI=1S/C11H4N2O3/c12-4-7-1-6-2-10(11(14)15)16-9(6)3-8(7)5-13/h1-3H,(H,14,15). The van der Waals surface area contributed by atoms with Gasteiger partial charge in [-0.05, 0) is 12.1 Å². The van der Waals surface area contributed by atoms with E-state index >= 15 is 0 Å². The number of furan rings is 1. The largest absolute Gasteiger partial charge is 0.475 e. The lowest BCUT2D eigenvalue weighted by Crippen LogP contribution is -1.91. The number of hydrogen-bond donors (Lipinski definition) is 1. The first-order valence-electron chi connectivity index (χ1n) is 4.27. The van der Waals surface area contributed by atoms with E-state index in [1.54, 1.807) is 0 Å². The molecular formula is C11H4N2O3. The molecule has 76 valence electrons. The number of fused-ring (bicyclic) bond motifs is 1. The Hall–Kier alpha value is -2.79. The predicted octanol–water partition coefficient (Wildman–Crippen LogP) is 1.87. The third-order valence-corrected chi connectivity index (χ3v) is 2.11. The topological polar surface area (TPSA) is 98.0 Å². The summed E-state index contributed by atoms with van der Waals surface area (Å²) in [5.74, 6) is -1.40. The maximum absolute atomic E-state index is 10.7. The van der Waals surface area contributed by atoms with Gasteiger partial charge in [-0.15, -0.1) is 0 Å². The number of aromatic carboxylic acids is 1. The van der Waals surface area contributed by atoms with Crippen LogP contribution in [0.2, 0.25) is 0 Å². The minimum atomic E-state index is -1.19. The van der Waals surface area contributed by atoms with E-state index in [2.05, 4.69) is 0 Å². The van der Waals surface area contributed by atoms with Gasteiger partial charge in [-0.25, -0.2) is 4.79 Å². The van der Waals surface area contributed by atoms with E-state index in [-0.39, 0.29) is 22.5 Å². The zero-order valence-corrected chi connectivity index (χ0v) is 7.89. The molecular weight excluding hydrogens is 208 g/mol. The first-order chi connectivity index (χ1) is 7.65. The lowest BCUT2D eigenvalue weighted by atomic mass is 10.1. The fourth-order valence-electron chi connectivity index (χ4n) is 1.38. The molecule has 0 saturated heterocycles. The third-order valence-electron chi connectivity index (χ3n) is 2.11. The monoisotopic (exact) mass is 212 g/mol. The molecule has 0 aliphatic carbocycles. The highest BCUT2D eigenvalue weighted by Crippen LogP contribution is 2.23. The molecule has 1 aromatic carbocycles. The van der Waals surface area contributed by atoms with Crippen molar-refractivity contribution in [2.45, 2.75) is 0 Å². The second-order valence-corrected chi connectivity index (χ2v) is 3.08. The van der Waals surface area contributed by atoms with Crippen LogP contribution >= 0.6 is 0 Å². The highest BCUT2D eigenvalue weighted by atomic mass is 16.4. The van der Waals surface area contributed by atoms with Gasteiger partial charge in [0, 0.05) is 11.5 Å². The van der Waals surface area contributed by atoms with Crippen molar-refractivity contribution < 1.29 is 14.3 Å². The fourth-order valence-corrected chi connectivity index (χ4v) is 1.38. The van der Waals surface area contributed by atoms with Crippen LogP contribution in [0, 0.1) is 22.7 Å². The molecule has 0 aliphatic rings. The van der Waals surface area contributed by atoms with Crippen LogP contribution in [0.4, 0.5) is 0 Å². The van der Waals surface area contributed by atoms with Crippen LogP contribution in [0.15, 0.2) is 22.6 Å². The molecule has 1 N–H and O–H groups in total. The molecule has 0 unspecified atom stereocenters. The van der Waals surface area contributed by atoms with Crippen LogP contribution in [0.3, 0.4) is 0 Å². The molecule has 2 rings (SSSR count). The van der Waals surface area contributed by atoms with E-state index in [4.69, 9.17) is 20.0 Å². The van der Waals surface area contributed by atoms with Crippen molar-refractivity contribution in [1.29, 1.82) is 10.5 Å². The van der Waals surface area contributed by atoms with E-state index in [1.165, 1.54) is 18.2 Å². The summed E-state index contributed by atoms with van der Waals surface area (Å²) >= 11 is 0. The fraction of sp³-hybridized carbons (Fsp3) is 0. The highest BCUT2D eigenvalue weighted by molar-refractivity contribution is 5.92. The van der Waals surface area contributed by atoms with Gasteiger partial charge in [0.1, 0.15) is 17.7 Å². The molecule has 16 heavy (non-hydrogen) atoms. The Morgan fingerprint density at radius 1 is 1.19 bits per heavy atom. The lowest BCUT2D eigenvalue weighted by Gasteiger charge is -1.92. The molecule has 0 bridgehead atoms. The van der Waals surface area contributed by atoms with Gasteiger partial charge in [-0.3, -0.25) is 0 Å². The van der Waals surface area contributed by atoms with Gasteiger partial charge in [-0.2, -0.15) is 10.5 Å². The predicted molar refractivity (Wildman–Crippen MR) is 52.6 cm³/mol. The van der Waals surface area contributed by atoms with Crippen molar-refractivity contribution in [3.05, 3.63) is 35.1 Å². The zero-order chi connectivity index (χ0) is 11.7. The first-order valence-corrected chi connectivity index (χ1v) is 4.27. The summed E-state index contributed by atoms with van der Waals surface area (Å²) < 4.78 is 5.01. The quantitative estimate of drug-likeness (QED) is 0.777. The van der Waals surface area contributed by atoms with Gasteiger partial charge in [-0.1, -0.05) is 0 Å². The lowest BCUT2D eigenvalue weighted by molar-refractivity contribution is 0.0665. The van der Waals surface area contributed by atoms with Crippen LogP contribution in [0.25, 0.3) is 11.0 Å². The summed E-state index contributed by atoms with van der Waals surface area (Å²) in [5, 5.41) is 26.8. The molecule has 5 heteroatoms. The zero-order valence-electron chi connectivity index (χ0n) is 7.89. The summed E-state index contributed by atoms with van der Waals surface area (Å²) in [6.45, 7) is 0. The Bertz CT molecular complexity index is 620. The van der Waals surface area contributed by atoms with E-state index in [9.17, 15) is 4.79 Å². The van der Waals surface area contributed by atoms with Crippen molar-refractivity contribution in [2.75, 3.05) is 0 Å². The molecule has 0 spiro atoms. The Morgan fingerprint density at radius 2 is 1.81 bits per heavy atom. The minimum absolute atomic E-state index is 0.168. The maximum atomic E-state index is 10.7. The third kappa shape index (κ3) is 1.37. The van der Waals surface area contributed by atoms with Gasteiger partial charge in [0.15, 0.2) is 0 Å². The van der Waals surface area contributed by atoms with Crippen LogP contribution in [-0.4, -0.2) is 11.1 Å². The summed E-state index contributed by atoms with van der Waals surface area (Å²) in [6, 6.07) is 7.83. The van der Waals surface area contributed by atoms with Crippen molar-refractivity contribution in [2.24, 2.45) is 0 Å². The van der Waals surface area contributed by atoms with Crippen molar-refractivity contribution >= 4 is 16.9 Å². The number of carbonyl (C=O) groups is 1. The summed E-state index contributed by atoms with van der Waals surface area (Å²) in [6.07, 6.45) is 0. The van der Waals surface area contributed by atoms with Crippen LogP contribution in [0.5, 0.6) is 0 Å². The summed E-state index contributed by atoms with van der Waals surface area (Å²) in [7, 11) is 0. The van der Waals surface area contributed by atoms with E-state index in [0.717, 1.165) is 0 Å². The van der Waals surface area contributed by atoms with E-state index in [1.807, 2.05) is 12.1 Å². The second-order valence-electron chi connectivity index (χ2n) is 3.08. The summed E-state index contributed by atoms with van der Waals surface area (Å²) in [4.78, 5) is 10.7. The van der Waals surface area contributed by atoms with Crippen molar-refractivity contribution in [3.63, 3.8) is 0 Å². The first kappa shape index (κ1) is 9.75. The van der Waals surface area contributed by atoms with Crippen LogP contribution in [-0.2, 0) is 0 Å². The molecule has 0 aliphatic heterocycles. The molecule has 1 aromatic heterocycles. The highest BCUT2D eigenvalue weighted by Gasteiger charge is 2.13. The van der Waals surface area contributed by atoms with E-state index in [0.29, 0.717) is 5.39 Å². The molecule has 5 nitrogen and oxygen atoms in total.